The van der Waals surface area contributed by atoms with Crippen LogP contribution in [0.25, 0.3) is 0 Å². The fourth-order valence-electron chi connectivity index (χ4n) is 1.99. The number of likely N-dealkylation sites (tertiary alicyclic amines) is 1. The molecule has 5 nitrogen and oxygen atoms in total. The molecule has 2 heterocycles. The lowest BCUT2D eigenvalue weighted by Crippen LogP contribution is -2.49. The number of nitrogens with one attached hydrogen (secondary N) is 1. The van der Waals surface area contributed by atoms with Crippen molar-refractivity contribution < 1.29 is 9.53 Å². The van der Waals surface area contributed by atoms with Crippen LogP contribution in [0.15, 0.2) is 12.7 Å². The maximum atomic E-state index is 11.1. The predicted octanol–water partition coefficient (Wildman–Crippen LogP) is -1.30. The van der Waals surface area contributed by atoms with Gasteiger partial charge in [-0.3, -0.25) is 9.69 Å². The molecule has 2 aliphatic rings. The monoisotopic (exact) mass is 211 g/mol. The predicted molar refractivity (Wildman–Crippen MR) is 56.3 cm³/mol. The van der Waals surface area contributed by atoms with Gasteiger partial charge in [-0.25, -0.2) is 0 Å². The van der Waals surface area contributed by atoms with Crippen LogP contribution in [-0.2, 0) is 9.53 Å². The van der Waals surface area contributed by atoms with Gasteiger partial charge >= 0.3 is 0 Å². The Morgan fingerprint density at radius 1 is 1.53 bits per heavy atom. The second-order valence-electron chi connectivity index (χ2n) is 4.13. The Hall–Kier alpha value is -0.910. The maximum Gasteiger partial charge on any atom is 0.243 e. The molecule has 2 rings (SSSR count). The van der Waals surface area contributed by atoms with Gasteiger partial charge < -0.3 is 15.8 Å². The number of amides is 1. The molecule has 5 heteroatoms. The zero-order valence-electron chi connectivity index (χ0n) is 8.69. The van der Waals surface area contributed by atoms with E-state index in [0.29, 0.717) is 6.04 Å². The van der Waals surface area contributed by atoms with Crippen LogP contribution in [0.3, 0.4) is 0 Å². The van der Waals surface area contributed by atoms with Gasteiger partial charge in [-0.05, 0) is 6.08 Å². The van der Waals surface area contributed by atoms with Crippen molar-refractivity contribution in [1.29, 1.82) is 0 Å². The third-order valence-electron chi connectivity index (χ3n) is 3.04. The van der Waals surface area contributed by atoms with E-state index in [2.05, 4.69) is 16.8 Å². The van der Waals surface area contributed by atoms with Crippen molar-refractivity contribution in [3.63, 3.8) is 0 Å². The Morgan fingerprint density at radius 2 is 2.27 bits per heavy atom. The summed E-state index contributed by atoms with van der Waals surface area (Å²) in [6.45, 7) is 6.64. The van der Waals surface area contributed by atoms with Gasteiger partial charge in [-0.1, -0.05) is 6.58 Å². The van der Waals surface area contributed by atoms with Crippen molar-refractivity contribution in [1.82, 2.24) is 10.2 Å². The summed E-state index contributed by atoms with van der Waals surface area (Å²) in [4.78, 5) is 13.4. The Kier molecular flexibility index (Phi) is 3.04. The second-order valence-corrected chi connectivity index (χ2v) is 4.13. The van der Waals surface area contributed by atoms with Crippen LogP contribution in [0, 0.1) is 0 Å². The van der Waals surface area contributed by atoms with Gasteiger partial charge in [0.25, 0.3) is 0 Å². The van der Waals surface area contributed by atoms with E-state index in [9.17, 15) is 4.79 Å². The van der Waals surface area contributed by atoms with Crippen molar-refractivity contribution in [2.45, 2.75) is 18.1 Å². The standard InChI is InChI=1S/C10H17N3O2/c1-2-10(14)12-9-4-13(3-8(9)11)7-5-15-6-7/h2,7-9H,1,3-6,11H2,(H,12,14)/t8-,9+/m1/s1. The fourth-order valence-corrected chi connectivity index (χ4v) is 1.99. The fraction of sp³-hybridized carbons (Fsp3) is 0.700. The zero-order valence-corrected chi connectivity index (χ0v) is 8.69. The number of hydrogen-bond donors (Lipinski definition) is 2. The highest BCUT2D eigenvalue weighted by Gasteiger charge is 2.37. The lowest BCUT2D eigenvalue weighted by atomic mass is 10.2. The first kappa shape index (κ1) is 10.6. The van der Waals surface area contributed by atoms with Gasteiger partial charge in [0, 0.05) is 19.1 Å². The quantitative estimate of drug-likeness (QED) is 0.569. The Balaban J connectivity index is 1.86. The molecule has 15 heavy (non-hydrogen) atoms. The van der Waals surface area contributed by atoms with Crippen molar-refractivity contribution in [3.8, 4) is 0 Å². The number of nitrogens with zero attached hydrogens (tertiary/aromatic N) is 1. The highest BCUT2D eigenvalue weighted by molar-refractivity contribution is 5.87. The summed E-state index contributed by atoms with van der Waals surface area (Å²) in [6, 6.07) is 0.535. The number of ether oxygens (including phenoxy) is 1. The average Bonchev–Trinajstić information content (AvgIpc) is 2.44. The number of carbonyl (C=O) groups excluding carboxylic acids is 1. The first-order valence-electron chi connectivity index (χ1n) is 5.21. The molecular weight excluding hydrogens is 194 g/mol. The summed E-state index contributed by atoms with van der Waals surface area (Å²) >= 11 is 0. The first-order valence-corrected chi connectivity index (χ1v) is 5.21. The van der Waals surface area contributed by atoms with E-state index >= 15 is 0 Å². The van der Waals surface area contributed by atoms with E-state index in [1.54, 1.807) is 0 Å². The van der Waals surface area contributed by atoms with E-state index in [4.69, 9.17) is 10.5 Å². The summed E-state index contributed by atoms with van der Waals surface area (Å²) in [5, 5.41) is 2.85. The molecule has 2 saturated heterocycles. The van der Waals surface area contributed by atoms with Crippen LogP contribution in [0.2, 0.25) is 0 Å². The van der Waals surface area contributed by atoms with Crippen LogP contribution in [-0.4, -0.2) is 55.2 Å². The molecule has 0 spiro atoms. The van der Waals surface area contributed by atoms with Crippen LogP contribution < -0.4 is 11.1 Å². The molecule has 0 unspecified atom stereocenters. The minimum Gasteiger partial charge on any atom is -0.378 e. The normalized spacial score (nSPS) is 32.3. The highest BCUT2D eigenvalue weighted by atomic mass is 16.5. The van der Waals surface area contributed by atoms with E-state index in [-0.39, 0.29) is 18.0 Å². The van der Waals surface area contributed by atoms with E-state index < -0.39 is 0 Å². The van der Waals surface area contributed by atoms with E-state index in [1.165, 1.54) is 6.08 Å². The van der Waals surface area contributed by atoms with Crippen LogP contribution in [0.5, 0.6) is 0 Å². The summed E-state index contributed by atoms with van der Waals surface area (Å²) in [5.41, 5.74) is 5.96. The van der Waals surface area contributed by atoms with Crippen molar-refractivity contribution in [3.05, 3.63) is 12.7 Å². The Bertz CT molecular complexity index is 265. The lowest BCUT2D eigenvalue weighted by Gasteiger charge is -2.34. The van der Waals surface area contributed by atoms with Gasteiger partial charge in [0.05, 0.1) is 25.3 Å². The topological polar surface area (TPSA) is 67.6 Å². The molecule has 0 aliphatic carbocycles. The molecule has 0 bridgehead atoms. The third kappa shape index (κ3) is 2.19. The number of hydrogen-bond acceptors (Lipinski definition) is 4. The molecule has 3 N–H and O–H groups in total. The molecule has 84 valence electrons. The largest absolute Gasteiger partial charge is 0.378 e. The smallest absolute Gasteiger partial charge is 0.243 e. The molecule has 0 saturated carbocycles. The molecule has 0 aromatic carbocycles. The minimum absolute atomic E-state index is 0.00880. The van der Waals surface area contributed by atoms with Crippen molar-refractivity contribution in [2.24, 2.45) is 5.73 Å². The number of rotatable bonds is 3. The number of nitrogens with two attached hydrogens (primary N) is 1. The van der Waals surface area contributed by atoms with Gasteiger partial charge in [-0.15, -0.1) is 0 Å². The van der Waals surface area contributed by atoms with Crippen LogP contribution in [0.4, 0.5) is 0 Å². The molecule has 1 amide bonds. The van der Waals surface area contributed by atoms with Crippen LogP contribution in [0.1, 0.15) is 0 Å². The molecule has 2 aliphatic heterocycles. The molecule has 0 radical (unpaired) electrons. The molecule has 2 atom stereocenters. The summed E-state index contributed by atoms with van der Waals surface area (Å²) in [6.07, 6.45) is 1.28. The van der Waals surface area contributed by atoms with Gasteiger partial charge in [0.2, 0.25) is 5.91 Å². The molecule has 2 fully saturated rings. The van der Waals surface area contributed by atoms with Crippen molar-refractivity contribution in [2.75, 3.05) is 26.3 Å². The molecule has 0 aromatic heterocycles. The minimum atomic E-state index is -0.151. The zero-order chi connectivity index (χ0) is 10.8. The highest BCUT2D eigenvalue weighted by Crippen LogP contribution is 2.17. The SMILES string of the molecule is C=CC(=O)N[C@H]1CN(C2COC2)C[C@H]1N. The Labute approximate surface area is 89.2 Å². The summed E-state index contributed by atoms with van der Waals surface area (Å²) < 4.78 is 5.13. The van der Waals surface area contributed by atoms with Gasteiger partial charge in [0.1, 0.15) is 0 Å². The lowest BCUT2D eigenvalue weighted by molar-refractivity contribution is -0.117. The Morgan fingerprint density at radius 3 is 2.80 bits per heavy atom. The molecule has 0 aromatic rings. The van der Waals surface area contributed by atoms with Gasteiger partial charge in [0.15, 0.2) is 0 Å². The maximum absolute atomic E-state index is 11.1. The molecular formula is C10H17N3O2. The summed E-state index contributed by atoms with van der Waals surface area (Å²) in [5.74, 6) is -0.151. The van der Waals surface area contributed by atoms with E-state index in [0.717, 1.165) is 26.3 Å². The van der Waals surface area contributed by atoms with Gasteiger partial charge in [-0.2, -0.15) is 0 Å². The second kappa shape index (κ2) is 4.30. The number of carbonyl (C=O) groups is 1. The third-order valence-corrected chi connectivity index (χ3v) is 3.04. The summed E-state index contributed by atoms with van der Waals surface area (Å²) in [7, 11) is 0. The van der Waals surface area contributed by atoms with Crippen molar-refractivity contribution >= 4 is 5.91 Å². The van der Waals surface area contributed by atoms with Crippen LogP contribution >= 0.6 is 0 Å². The van der Waals surface area contributed by atoms with E-state index in [1.807, 2.05) is 0 Å². The average molecular weight is 211 g/mol. The first-order chi connectivity index (χ1) is 7.20.